The molecule has 3 heterocycles. The summed E-state index contributed by atoms with van der Waals surface area (Å²) in [6.45, 7) is 5.10. The minimum atomic E-state index is 0.623. The largest absolute Gasteiger partial charge is 0.371 e. The van der Waals surface area contributed by atoms with Gasteiger partial charge < -0.3 is 9.80 Å². The first kappa shape index (κ1) is 17.2. The molecule has 3 fully saturated rings. The lowest BCUT2D eigenvalue weighted by atomic mass is 9.70. The molecule has 1 saturated carbocycles. The van der Waals surface area contributed by atoms with E-state index in [1.807, 2.05) is 12.4 Å². The summed E-state index contributed by atoms with van der Waals surface area (Å²) in [6, 6.07) is 9.86. The van der Waals surface area contributed by atoms with Crippen molar-refractivity contribution >= 4 is 5.69 Å². The number of benzene rings is 1. The summed E-state index contributed by atoms with van der Waals surface area (Å²) in [7, 11) is 0. The minimum Gasteiger partial charge on any atom is -0.371 e. The molecule has 1 aromatic carbocycles. The highest BCUT2D eigenvalue weighted by atomic mass is 15.2. The first-order chi connectivity index (χ1) is 13.3. The maximum atomic E-state index is 4.12. The Bertz CT molecular complexity index is 736. The van der Waals surface area contributed by atoms with Crippen LogP contribution >= 0.6 is 0 Å². The van der Waals surface area contributed by atoms with Crippen LogP contribution in [0.15, 0.2) is 43.0 Å². The minimum absolute atomic E-state index is 0.623. The quantitative estimate of drug-likeness (QED) is 0.811. The van der Waals surface area contributed by atoms with Crippen LogP contribution in [0.1, 0.15) is 44.9 Å². The Morgan fingerprint density at radius 2 is 1.41 bits per heavy atom. The maximum Gasteiger partial charge on any atom is 0.115 e. The SMILES string of the molecule is c1ncc(-c2ccc(N3CCC4(CC3)CCN(C3CCC3)CC4)cc2)cn1. The van der Waals surface area contributed by atoms with Crippen LogP contribution < -0.4 is 4.90 Å². The third kappa shape index (κ3) is 3.47. The predicted molar refractivity (Wildman–Crippen MR) is 110 cm³/mol. The zero-order chi connectivity index (χ0) is 18.1. The molecule has 0 radical (unpaired) electrons. The van der Waals surface area contributed by atoms with E-state index in [0.29, 0.717) is 5.41 Å². The van der Waals surface area contributed by atoms with Crippen LogP contribution in [0.4, 0.5) is 5.69 Å². The molecule has 0 atom stereocenters. The molecule has 5 rings (SSSR count). The Morgan fingerprint density at radius 1 is 0.778 bits per heavy atom. The van der Waals surface area contributed by atoms with Crippen molar-refractivity contribution in [2.24, 2.45) is 5.41 Å². The lowest BCUT2D eigenvalue weighted by molar-refractivity contribution is 0.0306. The topological polar surface area (TPSA) is 32.3 Å². The number of likely N-dealkylation sites (tertiary alicyclic amines) is 1. The van der Waals surface area contributed by atoms with Crippen LogP contribution in [-0.4, -0.2) is 47.1 Å². The van der Waals surface area contributed by atoms with Crippen molar-refractivity contribution < 1.29 is 0 Å². The van der Waals surface area contributed by atoms with E-state index in [1.165, 1.54) is 82.4 Å². The average Bonchev–Trinajstić information content (AvgIpc) is 2.70. The molecule has 2 saturated heterocycles. The molecule has 0 unspecified atom stereocenters. The van der Waals surface area contributed by atoms with Gasteiger partial charge in [0.2, 0.25) is 0 Å². The fraction of sp³-hybridized carbons (Fsp3) is 0.565. The van der Waals surface area contributed by atoms with Gasteiger partial charge in [-0.3, -0.25) is 0 Å². The highest BCUT2D eigenvalue weighted by molar-refractivity contribution is 5.64. The van der Waals surface area contributed by atoms with Crippen LogP contribution in [0.5, 0.6) is 0 Å². The Hall–Kier alpha value is -1.94. The molecule has 3 aliphatic rings. The molecule has 0 N–H and O–H groups in total. The number of aromatic nitrogens is 2. The van der Waals surface area contributed by atoms with E-state index in [4.69, 9.17) is 0 Å². The van der Waals surface area contributed by atoms with E-state index in [0.717, 1.165) is 11.6 Å². The third-order valence-electron chi connectivity index (χ3n) is 7.40. The first-order valence-corrected chi connectivity index (χ1v) is 10.7. The van der Waals surface area contributed by atoms with Crippen molar-refractivity contribution in [2.45, 2.75) is 51.0 Å². The van der Waals surface area contributed by atoms with Crippen LogP contribution in [0, 0.1) is 5.41 Å². The van der Waals surface area contributed by atoms with Gasteiger partial charge in [0.1, 0.15) is 6.33 Å². The second-order valence-corrected chi connectivity index (χ2v) is 8.78. The van der Waals surface area contributed by atoms with Gasteiger partial charge in [-0.1, -0.05) is 18.6 Å². The second-order valence-electron chi connectivity index (χ2n) is 8.78. The molecule has 142 valence electrons. The van der Waals surface area contributed by atoms with Crippen LogP contribution in [0.3, 0.4) is 0 Å². The molecule has 27 heavy (non-hydrogen) atoms. The smallest absolute Gasteiger partial charge is 0.115 e. The summed E-state index contributed by atoms with van der Waals surface area (Å²) >= 11 is 0. The van der Waals surface area contributed by atoms with Gasteiger partial charge in [-0.25, -0.2) is 9.97 Å². The average molecular weight is 363 g/mol. The van der Waals surface area contributed by atoms with Gasteiger partial charge in [0.05, 0.1) is 0 Å². The molecule has 0 amide bonds. The van der Waals surface area contributed by atoms with Crippen molar-refractivity contribution in [3.63, 3.8) is 0 Å². The van der Waals surface area contributed by atoms with Gasteiger partial charge in [0.15, 0.2) is 0 Å². The van der Waals surface area contributed by atoms with Gasteiger partial charge in [-0.05, 0) is 74.7 Å². The molecular weight excluding hydrogens is 332 g/mol. The Morgan fingerprint density at radius 3 is 2.00 bits per heavy atom. The fourth-order valence-electron chi connectivity index (χ4n) is 5.17. The van der Waals surface area contributed by atoms with E-state index in [2.05, 4.69) is 44.0 Å². The van der Waals surface area contributed by atoms with Gasteiger partial charge in [-0.15, -0.1) is 0 Å². The summed E-state index contributed by atoms with van der Waals surface area (Å²) in [5.74, 6) is 0. The molecule has 1 aliphatic carbocycles. The van der Waals surface area contributed by atoms with E-state index in [9.17, 15) is 0 Å². The predicted octanol–water partition coefficient (Wildman–Crippen LogP) is 4.38. The van der Waals surface area contributed by atoms with Crippen LogP contribution in [0.2, 0.25) is 0 Å². The zero-order valence-electron chi connectivity index (χ0n) is 16.2. The summed E-state index contributed by atoms with van der Waals surface area (Å²) in [6.07, 6.45) is 15.3. The summed E-state index contributed by atoms with van der Waals surface area (Å²) in [5, 5.41) is 0. The number of piperidine rings is 2. The lowest BCUT2D eigenvalue weighted by Crippen LogP contribution is -2.50. The molecule has 2 aliphatic heterocycles. The van der Waals surface area contributed by atoms with E-state index in [1.54, 1.807) is 6.33 Å². The van der Waals surface area contributed by atoms with Crippen LogP contribution in [0.25, 0.3) is 11.1 Å². The normalized spacial score (nSPS) is 23.3. The van der Waals surface area contributed by atoms with Gasteiger partial charge in [0.25, 0.3) is 0 Å². The Labute approximate surface area is 162 Å². The molecule has 1 aromatic heterocycles. The summed E-state index contributed by atoms with van der Waals surface area (Å²) in [5.41, 5.74) is 4.26. The second kappa shape index (κ2) is 7.23. The number of nitrogens with zero attached hydrogens (tertiary/aromatic N) is 4. The summed E-state index contributed by atoms with van der Waals surface area (Å²) in [4.78, 5) is 13.6. The Balaban J connectivity index is 1.18. The summed E-state index contributed by atoms with van der Waals surface area (Å²) < 4.78 is 0. The van der Waals surface area contributed by atoms with E-state index in [-0.39, 0.29) is 0 Å². The standard InChI is InChI=1S/C23H30N4/c1-2-21(3-1)26-12-8-23(9-13-26)10-14-27(15-11-23)22-6-4-19(5-7-22)20-16-24-18-25-17-20/h4-7,16-18,21H,1-3,8-15H2. The van der Waals surface area contributed by atoms with Gasteiger partial charge in [0, 0.05) is 42.8 Å². The monoisotopic (exact) mass is 362 g/mol. The number of rotatable bonds is 3. The molecule has 0 bridgehead atoms. The van der Waals surface area contributed by atoms with Crippen molar-refractivity contribution in [3.8, 4) is 11.1 Å². The van der Waals surface area contributed by atoms with E-state index < -0.39 is 0 Å². The number of anilines is 1. The lowest BCUT2D eigenvalue weighted by Gasteiger charge is -2.50. The zero-order valence-corrected chi connectivity index (χ0v) is 16.2. The number of hydrogen-bond donors (Lipinski definition) is 0. The van der Waals surface area contributed by atoms with Crippen molar-refractivity contribution in [2.75, 3.05) is 31.1 Å². The first-order valence-electron chi connectivity index (χ1n) is 10.7. The van der Waals surface area contributed by atoms with Gasteiger partial charge >= 0.3 is 0 Å². The highest BCUT2D eigenvalue weighted by Gasteiger charge is 2.39. The molecule has 4 heteroatoms. The molecule has 4 nitrogen and oxygen atoms in total. The van der Waals surface area contributed by atoms with E-state index >= 15 is 0 Å². The van der Waals surface area contributed by atoms with Crippen molar-refractivity contribution in [1.82, 2.24) is 14.9 Å². The molecule has 1 spiro atoms. The van der Waals surface area contributed by atoms with Crippen molar-refractivity contribution in [3.05, 3.63) is 43.0 Å². The fourth-order valence-corrected chi connectivity index (χ4v) is 5.17. The third-order valence-corrected chi connectivity index (χ3v) is 7.40. The molecular formula is C23H30N4. The maximum absolute atomic E-state index is 4.12. The van der Waals surface area contributed by atoms with Gasteiger partial charge in [-0.2, -0.15) is 0 Å². The molecule has 2 aromatic rings. The highest BCUT2D eigenvalue weighted by Crippen LogP contribution is 2.43. The van der Waals surface area contributed by atoms with Crippen LogP contribution in [-0.2, 0) is 0 Å². The number of hydrogen-bond acceptors (Lipinski definition) is 4. The Kier molecular flexibility index (Phi) is 4.60. The van der Waals surface area contributed by atoms with Crippen molar-refractivity contribution in [1.29, 1.82) is 0 Å².